The molecule has 0 bridgehead atoms. The number of nitrogens with zero attached hydrogens (tertiary/aromatic N) is 1. The lowest BCUT2D eigenvalue weighted by Gasteiger charge is -2.30. The first kappa shape index (κ1) is 13.8. The van der Waals surface area contributed by atoms with E-state index in [1.54, 1.807) is 0 Å². The Bertz CT molecular complexity index is 583. The van der Waals surface area contributed by atoms with Crippen LogP contribution < -0.4 is 5.32 Å². The summed E-state index contributed by atoms with van der Waals surface area (Å²) in [6.45, 7) is 4.42. The first-order valence-corrected chi connectivity index (χ1v) is 8.20. The predicted octanol–water partition coefficient (Wildman–Crippen LogP) is 4.14. The molecule has 1 aliphatic carbocycles. The van der Waals surface area contributed by atoms with Crippen LogP contribution in [-0.4, -0.2) is 12.0 Å². The fourth-order valence-corrected chi connectivity index (χ4v) is 4.48. The van der Waals surface area contributed by atoms with E-state index in [-0.39, 0.29) is 0 Å². The molecule has 1 aliphatic rings. The molecular formula is C17H22N2S. The highest BCUT2D eigenvalue weighted by molar-refractivity contribution is 7.12. The molecule has 3 rings (SSSR count). The van der Waals surface area contributed by atoms with Gasteiger partial charge in [0.05, 0.1) is 0 Å². The number of aromatic nitrogens is 1. The maximum absolute atomic E-state index is 4.69. The summed E-state index contributed by atoms with van der Waals surface area (Å²) in [6.07, 6.45) is 5.61. The van der Waals surface area contributed by atoms with Crippen molar-refractivity contribution in [1.82, 2.24) is 10.3 Å². The molecule has 0 radical (unpaired) electrons. The van der Waals surface area contributed by atoms with Gasteiger partial charge in [0.1, 0.15) is 0 Å². The molecule has 2 nitrogen and oxygen atoms in total. The third kappa shape index (κ3) is 2.40. The molecule has 0 amide bonds. The predicted molar refractivity (Wildman–Crippen MR) is 85.5 cm³/mol. The summed E-state index contributed by atoms with van der Waals surface area (Å²) in [4.78, 5) is 7.57. The Hall–Kier alpha value is -1.19. The molecule has 3 heteroatoms. The zero-order chi connectivity index (χ0) is 14.1. The first-order chi connectivity index (χ1) is 9.70. The van der Waals surface area contributed by atoms with Crippen molar-refractivity contribution in [3.05, 3.63) is 51.0 Å². The van der Waals surface area contributed by atoms with Crippen LogP contribution in [0.4, 0.5) is 0 Å². The van der Waals surface area contributed by atoms with Crippen molar-refractivity contribution in [2.24, 2.45) is 0 Å². The van der Waals surface area contributed by atoms with Crippen molar-refractivity contribution < 1.29 is 0 Å². The van der Waals surface area contributed by atoms with E-state index in [1.807, 2.05) is 17.5 Å². The monoisotopic (exact) mass is 286 g/mol. The second-order valence-corrected chi connectivity index (χ2v) is 6.99. The Balaban J connectivity index is 1.98. The van der Waals surface area contributed by atoms with Crippen LogP contribution in [-0.2, 0) is 6.42 Å². The Morgan fingerprint density at radius 3 is 2.95 bits per heavy atom. The number of nitrogens with one attached hydrogen (secondary N) is 1. The molecule has 2 heterocycles. The molecule has 0 aliphatic heterocycles. The molecule has 2 atom stereocenters. The molecule has 0 fully saturated rings. The van der Waals surface area contributed by atoms with E-state index in [0.29, 0.717) is 12.0 Å². The van der Waals surface area contributed by atoms with Crippen molar-refractivity contribution in [3.63, 3.8) is 0 Å². The molecule has 106 valence electrons. The van der Waals surface area contributed by atoms with E-state index in [4.69, 9.17) is 0 Å². The SMILES string of the molecule is CNC(c1cc(C)c(C)s1)C1CCCc2cccnc21. The van der Waals surface area contributed by atoms with Gasteiger partial charge in [-0.2, -0.15) is 0 Å². The smallest absolute Gasteiger partial charge is 0.0497 e. The van der Waals surface area contributed by atoms with E-state index < -0.39 is 0 Å². The number of likely N-dealkylation sites (N-methyl/N-ethyl adjacent to an activating group) is 1. The molecule has 1 N–H and O–H groups in total. The van der Waals surface area contributed by atoms with Gasteiger partial charge in [0.25, 0.3) is 0 Å². The Kier molecular flexibility index (Phi) is 3.90. The minimum absolute atomic E-state index is 0.390. The minimum Gasteiger partial charge on any atom is -0.312 e. The average Bonchev–Trinajstić information content (AvgIpc) is 2.79. The second-order valence-electron chi connectivity index (χ2n) is 5.70. The maximum Gasteiger partial charge on any atom is 0.0497 e. The Morgan fingerprint density at radius 1 is 1.40 bits per heavy atom. The summed E-state index contributed by atoms with van der Waals surface area (Å²) in [5.74, 6) is 0.502. The molecule has 0 saturated carbocycles. The van der Waals surface area contributed by atoms with Crippen LogP contribution >= 0.6 is 11.3 Å². The Labute approximate surface area is 125 Å². The molecule has 0 aromatic carbocycles. The number of rotatable bonds is 3. The zero-order valence-corrected chi connectivity index (χ0v) is 13.3. The van der Waals surface area contributed by atoms with E-state index in [9.17, 15) is 0 Å². The van der Waals surface area contributed by atoms with Gasteiger partial charge in [0, 0.05) is 33.6 Å². The second kappa shape index (κ2) is 5.66. The van der Waals surface area contributed by atoms with Crippen molar-refractivity contribution in [1.29, 1.82) is 0 Å². The van der Waals surface area contributed by atoms with Crippen LogP contribution in [0, 0.1) is 13.8 Å². The highest BCUT2D eigenvalue weighted by atomic mass is 32.1. The molecule has 20 heavy (non-hydrogen) atoms. The van der Waals surface area contributed by atoms with E-state index >= 15 is 0 Å². The van der Waals surface area contributed by atoms with Crippen molar-refractivity contribution in [2.45, 2.75) is 45.1 Å². The molecule has 0 saturated heterocycles. The summed E-state index contributed by atoms with van der Waals surface area (Å²) in [7, 11) is 2.08. The van der Waals surface area contributed by atoms with Gasteiger partial charge in [-0.05, 0) is 63.4 Å². The third-order valence-electron chi connectivity index (χ3n) is 4.44. The molecule has 2 unspecified atom stereocenters. The normalized spacial score (nSPS) is 19.6. The number of hydrogen-bond donors (Lipinski definition) is 1. The third-order valence-corrected chi connectivity index (χ3v) is 5.68. The molecule has 0 spiro atoms. The number of aryl methyl sites for hydroxylation is 3. The van der Waals surface area contributed by atoms with Gasteiger partial charge >= 0.3 is 0 Å². The number of thiophene rings is 1. The maximum atomic E-state index is 4.69. The van der Waals surface area contributed by atoms with Gasteiger partial charge in [-0.15, -0.1) is 11.3 Å². The lowest BCUT2D eigenvalue weighted by Crippen LogP contribution is -2.26. The minimum atomic E-state index is 0.390. The van der Waals surface area contributed by atoms with Crippen LogP contribution in [0.2, 0.25) is 0 Å². The first-order valence-electron chi connectivity index (χ1n) is 7.38. The summed E-state index contributed by atoms with van der Waals surface area (Å²) in [5.41, 5.74) is 4.15. The van der Waals surface area contributed by atoms with Crippen molar-refractivity contribution in [3.8, 4) is 0 Å². The number of hydrogen-bond acceptors (Lipinski definition) is 3. The summed E-state index contributed by atoms with van der Waals surface area (Å²) >= 11 is 1.93. The van der Waals surface area contributed by atoms with Gasteiger partial charge in [-0.25, -0.2) is 0 Å². The highest BCUT2D eigenvalue weighted by Crippen LogP contribution is 2.41. The van der Waals surface area contributed by atoms with Gasteiger partial charge in [0.15, 0.2) is 0 Å². The topological polar surface area (TPSA) is 24.9 Å². The average molecular weight is 286 g/mol. The van der Waals surface area contributed by atoms with Gasteiger partial charge in [-0.3, -0.25) is 4.98 Å². The van der Waals surface area contributed by atoms with E-state index in [0.717, 1.165) is 0 Å². The van der Waals surface area contributed by atoms with Gasteiger partial charge in [-0.1, -0.05) is 6.07 Å². The van der Waals surface area contributed by atoms with Gasteiger partial charge in [0.2, 0.25) is 0 Å². The standard InChI is InChI=1S/C17H22N2S/c1-11-10-15(20-12(11)2)17(18-3)14-8-4-6-13-7-5-9-19-16(13)14/h5,7,9-10,14,17-18H,4,6,8H2,1-3H3. The van der Waals surface area contributed by atoms with Gasteiger partial charge < -0.3 is 5.32 Å². The van der Waals surface area contributed by atoms with E-state index in [1.165, 1.54) is 45.8 Å². The van der Waals surface area contributed by atoms with Crippen LogP contribution in [0.15, 0.2) is 24.4 Å². The van der Waals surface area contributed by atoms with Crippen molar-refractivity contribution >= 4 is 11.3 Å². The number of pyridine rings is 1. The van der Waals surface area contributed by atoms with Crippen molar-refractivity contribution in [2.75, 3.05) is 7.05 Å². The highest BCUT2D eigenvalue weighted by Gasteiger charge is 2.30. The largest absolute Gasteiger partial charge is 0.312 e. The summed E-state index contributed by atoms with van der Waals surface area (Å²) in [6, 6.07) is 7.04. The lowest BCUT2D eigenvalue weighted by atomic mass is 9.81. The quantitative estimate of drug-likeness (QED) is 0.917. The Morgan fingerprint density at radius 2 is 2.25 bits per heavy atom. The summed E-state index contributed by atoms with van der Waals surface area (Å²) < 4.78 is 0. The van der Waals surface area contributed by atoms with Crippen LogP contribution in [0.3, 0.4) is 0 Å². The number of fused-ring (bicyclic) bond motifs is 1. The lowest BCUT2D eigenvalue weighted by molar-refractivity contribution is 0.420. The van der Waals surface area contributed by atoms with Crippen LogP contribution in [0.5, 0.6) is 0 Å². The fraction of sp³-hybridized carbons (Fsp3) is 0.471. The van der Waals surface area contributed by atoms with Crippen LogP contribution in [0.1, 0.15) is 51.4 Å². The zero-order valence-electron chi connectivity index (χ0n) is 12.4. The fourth-order valence-electron chi connectivity index (χ4n) is 3.27. The molecular weight excluding hydrogens is 264 g/mol. The van der Waals surface area contributed by atoms with Crippen LogP contribution in [0.25, 0.3) is 0 Å². The molecule has 2 aromatic heterocycles. The summed E-state index contributed by atoms with van der Waals surface area (Å²) in [5, 5.41) is 3.54. The molecule has 2 aromatic rings. The van der Waals surface area contributed by atoms with E-state index in [2.05, 4.69) is 49.4 Å².